The van der Waals surface area contributed by atoms with E-state index in [1.807, 2.05) is 37.3 Å². The van der Waals surface area contributed by atoms with E-state index in [9.17, 15) is 4.79 Å². The topological polar surface area (TPSA) is 114 Å². The number of urea groups is 1. The number of nitrogens with one attached hydrogen (secondary N) is 3. The Labute approximate surface area is 167 Å². The summed E-state index contributed by atoms with van der Waals surface area (Å²) >= 11 is 0. The first kappa shape index (κ1) is 18.9. The molecule has 3 N–H and O–H groups in total. The van der Waals surface area contributed by atoms with Gasteiger partial charge in [-0.2, -0.15) is 5.10 Å². The molecule has 2 amide bonds. The minimum atomic E-state index is -0.370. The molecule has 150 valence electrons. The van der Waals surface area contributed by atoms with Crippen LogP contribution >= 0.6 is 0 Å². The van der Waals surface area contributed by atoms with Crippen molar-refractivity contribution in [2.24, 2.45) is 5.16 Å². The summed E-state index contributed by atoms with van der Waals surface area (Å²) in [6, 6.07) is 10.7. The minimum absolute atomic E-state index is 0.0407. The number of anilines is 1. The summed E-state index contributed by atoms with van der Waals surface area (Å²) in [6.45, 7) is 2.31. The monoisotopic (exact) mass is 394 g/mol. The molecule has 3 aromatic rings. The quantitative estimate of drug-likeness (QED) is 0.595. The van der Waals surface area contributed by atoms with E-state index in [1.165, 1.54) is 0 Å². The number of aromatic amines is 1. The predicted molar refractivity (Wildman–Crippen MR) is 109 cm³/mol. The second-order valence-electron chi connectivity index (χ2n) is 6.86. The molecule has 9 heteroatoms. The molecule has 2 unspecified atom stereocenters. The van der Waals surface area contributed by atoms with Gasteiger partial charge in [0, 0.05) is 31.2 Å². The van der Waals surface area contributed by atoms with E-state index >= 15 is 0 Å². The third kappa shape index (κ3) is 4.19. The molecule has 0 bridgehead atoms. The highest BCUT2D eigenvalue weighted by molar-refractivity contribution is 6.09. The number of carbonyl (C=O) groups excluding carboxylic acids is 1. The Kier molecular flexibility index (Phi) is 5.39. The fraction of sp³-hybridized carbons (Fsp3) is 0.300. The number of aromatic nitrogens is 3. The van der Waals surface area contributed by atoms with Crippen LogP contribution in [0.5, 0.6) is 0 Å². The Balaban J connectivity index is 1.47. The lowest BCUT2D eigenvalue weighted by Crippen LogP contribution is -2.35. The van der Waals surface area contributed by atoms with Crippen LogP contribution in [0.1, 0.15) is 30.6 Å². The largest absolute Gasteiger partial charge is 0.392 e. The molecule has 0 fully saturated rings. The average Bonchev–Trinajstić information content (AvgIpc) is 3.34. The van der Waals surface area contributed by atoms with Gasteiger partial charge in [0.15, 0.2) is 0 Å². The average molecular weight is 394 g/mol. The van der Waals surface area contributed by atoms with E-state index in [4.69, 9.17) is 9.57 Å². The first-order valence-electron chi connectivity index (χ1n) is 9.32. The summed E-state index contributed by atoms with van der Waals surface area (Å²) in [6.07, 6.45) is 2.40. The molecule has 9 nitrogen and oxygen atoms in total. The van der Waals surface area contributed by atoms with E-state index in [-0.39, 0.29) is 18.2 Å². The van der Waals surface area contributed by atoms with Crippen molar-refractivity contribution in [1.82, 2.24) is 20.5 Å². The Bertz CT molecular complexity index is 1030. The van der Waals surface area contributed by atoms with E-state index in [0.717, 1.165) is 27.9 Å². The van der Waals surface area contributed by atoms with Crippen LogP contribution in [-0.2, 0) is 9.57 Å². The third-order valence-corrected chi connectivity index (χ3v) is 4.63. The number of hydrogen-bond donors (Lipinski definition) is 3. The van der Waals surface area contributed by atoms with Crippen molar-refractivity contribution < 1.29 is 14.4 Å². The first-order chi connectivity index (χ1) is 14.1. The number of hydrogen-bond acceptors (Lipinski definition) is 6. The van der Waals surface area contributed by atoms with Crippen LogP contribution in [0.2, 0.25) is 0 Å². The Morgan fingerprint density at radius 2 is 2.21 bits per heavy atom. The molecule has 1 aromatic carbocycles. The van der Waals surface area contributed by atoms with Gasteiger partial charge in [0.2, 0.25) is 0 Å². The lowest BCUT2D eigenvalue weighted by Gasteiger charge is -2.18. The second-order valence-corrected chi connectivity index (χ2v) is 6.86. The number of carbonyl (C=O) groups is 1. The molecular weight excluding hydrogens is 372 g/mol. The van der Waals surface area contributed by atoms with Gasteiger partial charge in [-0.3, -0.25) is 10.4 Å². The summed E-state index contributed by atoms with van der Waals surface area (Å²) in [4.78, 5) is 22.1. The summed E-state index contributed by atoms with van der Waals surface area (Å²) in [7, 11) is 1.60. The van der Waals surface area contributed by atoms with Crippen LogP contribution in [0, 0.1) is 0 Å². The Morgan fingerprint density at radius 3 is 2.93 bits per heavy atom. The number of H-pyrrole nitrogens is 1. The van der Waals surface area contributed by atoms with Crippen molar-refractivity contribution in [1.29, 1.82) is 0 Å². The summed E-state index contributed by atoms with van der Waals surface area (Å²) < 4.78 is 5.23. The molecule has 1 aliphatic rings. The van der Waals surface area contributed by atoms with Gasteiger partial charge in [0.1, 0.15) is 23.3 Å². The standard InChI is InChI=1S/C20H22N6O3/c1-12-8-16(26-29-12)19-14-10-21-18(9-15(14)24-25-19)23-20(27)22-17(11-28-2)13-6-4-3-5-7-13/h3-7,9-10,12,17H,8,11H2,1-2H3,(H,24,25)(H2,21,22,23,27). The van der Waals surface area contributed by atoms with Crippen molar-refractivity contribution in [2.45, 2.75) is 25.5 Å². The van der Waals surface area contributed by atoms with E-state index in [2.05, 4.69) is 31.0 Å². The maximum Gasteiger partial charge on any atom is 0.320 e. The van der Waals surface area contributed by atoms with E-state index in [0.29, 0.717) is 18.8 Å². The highest BCUT2D eigenvalue weighted by Gasteiger charge is 2.22. The third-order valence-electron chi connectivity index (χ3n) is 4.63. The van der Waals surface area contributed by atoms with E-state index in [1.54, 1.807) is 19.4 Å². The molecule has 3 heterocycles. The summed E-state index contributed by atoms with van der Waals surface area (Å²) in [5.74, 6) is 0.410. The van der Waals surface area contributed by atoms with Gasteiger partial charge in [0.25, 0.3) is 0 Å². The first-order valence-corrected chi connectivity index (χ1v) is 9.32. The molecule has 0 saturated heterocycles. The van der Waals surface area contributed by atoms with Gasteiger partial charge >= 0.3 is 6.03 Å². The lowest BCUT2D eigenvalue weighted by atomic mass is 10.1. The van der Waals surface area contributed by atoms with Crippen molar-refractivity contribution in [3.63, 3.8) is 0 Å². The molecule has 0 saturated carbocycles. The zero-order valence-corrected chi connectivity index (χ0v) is 16.2. The number of fused-ring (bicyclic) bond motifs is 1. The zero-order chi connectivity index (χ0) is 20.2. The van der Waals surface area contributed by atoms with Gasteiger partial charge in [-0.05, 0) is 12.5 Å². The number of rotatable bonds is 6. The number of benzene rings is 1. The van der Waals surface area contributed by atoms with E-state index < -0.39 is 0 Å². The van der Waals surface area contributed by atoms with Crippen LogP contribution in [0.3, 0.4) is 0 Å². The van der Waals surface area contributed by atoms with Crippen LogP contribution < -0.4 is 10.6 Å². The number of pyridine rings is 1. The summed E-state index contributed by atoms with van der Waals surface area (Å²) in [5.41, 5.74) is 3.22. The SMILES string of the molecule is COCC(NC(=O)Nc1cc2[nH]nc(C3=NOC(C)C3)c2cn1)c1ccccc1. The molecule has 4 rings (SSSR count). The molecule has 0 spiro atoms. The van der Waals surface area contributed by atoms with Gasteiger partial charge in [0.05, 0.1) is 18.2 Å². The smallest absolute Gasteiger partial charge is 0.320 e. The van der Waals surface area contributed by atoms with Crippen molar-refractivity contribution >= 4 is 28.5 Å². The van der Waals surface area contributed by atoms with Crippen LogP contribution in [0.15, 0.2) is 47.8 Å². The minimum Gasteiger partial charge on any atom is -0.392 e. The fourth-order valence-corrected chi connectivity index (χ4v) is 3.23. The highest BCUT2D eigenvalue weighted by atomic mass is 16.6. The normalized spacial score (nSPS) is 16.9. The maximum atomic E-state index is 12.5. The van der Waals surface area contributed by atoms with Crippen molar-refractivity contribution in [2.75, 3.05) is 19.0 Å². The molecule has 1 aliphatic heterocycles. The van der Waals surface area contributed by atoms with Crippen molar-refractivity contribution in [3.05, 3.63) is 53.9 Å². The Hall–Kier alpha value is -3.46. The number of oxime groups is 1. The van der Waals surface area contributed by atoms with Crippen LogP contribution in [-0.4, -0.2) is 46.7 Å². The number of ether oxygens (including phenoxy) is 1. The van der Waals surface area contributed by atoms with Crippen LogP contribution in [0.4, 0.5) is 10.6 Å². The zero-order valence-electron chi connectivity index (χ0n) is 16.2. The number of methoxy groups -OCH3 is 1. The number of nitrogens with zero attached hydrogens (tertiary/aromatic N) is 3. The second kappa shape index (κ2) is 8.27. The van der Waals surface area contributed by atoms with Gasteiger partial charge in [-0.1, -0.05) is 35.5 Å². The predicted octanol–water partition coefficient (Wildman–Crippen LogP) is 2.98. The van der Waals surface area contributed by atoms with Gasteiger partial charge in [-0.15, -0.1) is 0 Å². The van der Waals surface area contributed by atoms with Gasteiger partial charge in [-0.25, -0.2) is 9.78 Å². The van der Waals surface area contributed by atoms with Gasteiger partial charge < -0.3 is 14.9 Å². The van der Waals surface area contributed by atoms with Crippen LogP contribution in [0.25, 0.3) is 10.9 Å². The summed E-state index contributed by atoms with van der Waals surface area (Å²) in [5, 5.41) is 17.9. The number of amides is 2. The molecule has 2 atom stereocenters. The highest BCUT2D eigenvalue weighted by Crippen LogP contribution is 2.23. The van der Waals surface area contributed by atoms with Crippen molar-refractivity contribution in [3.8, 4) is 0 Å². The molecule has 0 radical (unpaired) electrons. The molecule has 2 aromatic heterocycles. The fourth-order valence-electron chi connectivity index (χ4n) is 3.23. The maximum absolute atomic E-state index is 12.5. The molecular formula is C20H22N6O3. The Morgan fingerprint density at radius 1 is 1.38 bits per heavy atom. The lowest BCUT2D eigenvalue weighted by molar-refractivity contribution is 0.0995. The molecule has 29 heavy (non-hydrogen) atoms. The molecule has 0 aliphatic carbocycles.